The van der Waals surface area contributed by atoms with Gasteiger partial charge in [0.2, 0.25) is 0 Å². The number of benzene rings is 1. The van der Waals surface area contributed by atoms with Gasteiger partial charge in [-0.3, -0.25) is 4.90 Å². The molecule has 0 aliphatic carbocycles. The van der Waals surface area contributed by atoms with E-state index in [1.807, 2.05) is 18.2 Å². The van der Waals surface area contributed by atoms with Gasteiger partial charge in [-0.05, 0) is 24.5 Å². The number of esters is 1. The molecule has 4 nitrogen and oxygen atoms in total. The Kier molecular flexibility index (Phi) is 4.25. The normalized spacial score (nSPS) is 22.0. The van der Waals surface area contributed by atoms with Gasteiger partial charge in [-0.15, -0.1) is 0 Å². The minimum Gasteiger partial charge on any atom is -0.493 e. The molecule has 0 amide bonds. The van der Waals surface area contributed by atoms with E-state index in [-0.39, 0.29) is 5.97 Å². The quantitative estimate of drug-likeness (QED) is 0.798. The highest BCUT2D eigenvalue weighted by Crippen LogP contribution is 2.27. The SMILES string of the molecule is COC(=O)C1=CCCN(CC2COc3ccccc3C2)C1. The van der Waals surface area contributed by atoms with Gasteiger partial charge in [0.25, 0.3) is 0 Å². The van der Waals surface area contributed by atoms with Crippen molar-refractivity contribution < 1.29 is 14.3 Å². The van der Waals surface area contributed by atoms with Crippen LogP contribution in [0.25, 0.3) is 0 Å². The van der Waals surface area contributed by atoms with Crippen molar-refractivity contribution in [3.8, 4) is 5.75 Å². The van der Waals surface area contributed by atoms with E-state index >= 15 is 0 Å². The summed E-state index contributed by atoms with van der Waals surface area (Å²) in [6, 6.07) is 8.24. The maximum atomic E-state index is 11.6. The number of carbonyl (C=O) groups excluding carboxylic acids is 1. The van der Waals surface area contributed by atoms with Gasteiger partial charge in [-0.25, -0.2) is 4.79 Å². The van der Waals surface area contributed by atoms with Crippen molar-refractivity contribution in [2.45, 2.75) is 12.8 Å². The van der Waals surface area contributed by atoms with Crippen LogP contribution in [-0.2, 0) is 16.0 Å². The Morgan fingerprint density at radius 2 is 2.29 bits per heavy atom. The molecule has 1 aromatic rings. The van der Waals surface area contributed by atoms with Crippen molar-refractivity contribution in [2.75, 3.05) is 33.4 Å². The van der Waals surface area contributed by atoms with E-state index in [1.54, 1.807) is 0 Å². The topological polar surface area (TPSA) is 38.8 Å². The first-order valence-electron chi connectivity index (χ1n) is 7.46. The third-order valence-corrected chi connectivity index (χ3v) is 4.15. The zero-order valence-corrected chi connectivity index (χ0v) is 12.4. The molecule has 0 fully saturated rings. The van der Waals surface area contributed by atoms with Gasteiger partial charge < -0.3 is 9.47 Å². The van der Waals surface area contributed by atoms with Crippen LogP contribution >= 0.6 is 0 Å². The second-order valence-corrected chi connectivity index (χ2v) is 5.73. The van der Waals surface area contributed by atoms with E-state index < -0.39 is 0 Å². The molecule has 21 heavy (non-hydrogen) atoms. The van der Waals surface area contributed by atoms with Crippen LogP contribution in [0.5, 0.6) is 5.75 Å². The maximum Gasteiger partial charge on any atom is 0.334 e. The van der Waals surface area contributed by atoms with Crippen LogP contribution in [0.2, 0.25) is 0 Å². The highest BCUT2D eigenvalue weighted by molar-refractivity contribution is 5.88. The first-order chi connectivity index (χ1) is 10.3. The van der Waals surface area contributed by atoms with E-state index in [1.165, 1.54) is 12.7 Å². The molecular weight excluding hydrogens is 266 g/mol. The highest BCUT2D eigenvalue weighted by atomic mass is 16.5. The van der Waals surface area contributed by atoms with Crippen LogP contribution in [0.3, 0.4) is 0 Å². The van der Waals surface area contributed by atoms with Crippen molar-refractivity contribution in [1.29, 1.82) is 0 Å². The molecule has 112 valence electrons. The predicted octanol–water partition coefficient (Wildman–Crippen LogP) is 2.04. The molecule has 2 aliphatic rings. The largest absolute Gasteiger partial charge is 0.493 e. The number of methoxy groups -OCH3 is 1. The number of hydrogen-bond donors (Lipinski definition) is 0. The number of nitrogens with zero attached hydrogens (tertiary/aromatic N) is 1. The lowest BCUT2D eigenvalue weighted by molar-refractivity contribution is -0.136. The summed E-state index contributed by atoms with van der Waals surface area (Å²) in [5.41, 5.74) is 2.07. The second kappa shape index (κ2) is 6.31. The minimum absolute atomic E-state index is 0.204. The Bertz CT molecular complexity index is 553. The zero-order chi connectivity index (χ0) is 14.7. The van der Waals surface area contributed by atoms with Crippen LogP contribution in [-0.4, -0.2) is 44.2 Å². The highest BCUT2D eigenvalue weighted by Gasteiger charge is 2.24. The van der Waals surface area contributed by atoms with Gasteiger partial charge in [0, 0.05) is 31.1 Å². The summed E-state index contributed by atoms with van der Waals surface area (Å²) in [5, 5.41) is 0. The molecule has 0 spiro atoms. The monoisotopic (exact) mass is 287 g/mol. The Morgan fingerprint density at radius 1 is 1.43 bits per heavy atom. The Hall–Kier alpha value is -1.81. The van der Waals surface area contributed by atoms with Gasteiger partial charge in [0.15, 0.2) is 0 Å². The molecule has 2 aliphatic heterocycles. The molecule has 0 saturated heterocycles. The Labute approximate surface area is 125 Å². The molecule has 0 N–H and O–H groups in total. The zero-order valence-electron chi connectivity index (χ0n) is 12.4. The molecule has 1 unspecified atom stereocenters. The number of hydrogen-bond acceptors (Lipinski definition) is 4. The summed E-state index contributed by atoms with van der Waals surface area (Å²) >= 11 is 0. The number of rotatable bonds is 3. The second-order valence-electron chi connectivity index (χ2n) is 5.73. The van der Waals surface area contributed by atoms with Gasteiger partial charge in [-0.1, -0.05) is 24.3 Å². The summed E-state index contributed by atoms with van der Waals surface area (Å²) < 4.78 is 10.7. The lowest BCUT2D eigenvalue weighted by Crippen LogP contribution is -2.39. The smallest absolute Gasteiger partial charge is 0.334 e. The lowest BCUT2D eigenvalue weighted by atomic mass is 9.95. The summed E-state index contributed by atoms with van der Waals surface area (Å²) in [7, 11) is 1.44. The predicted molar refractivity (Wildman–Crippen MR) is 80.3 cm³/mol. The average molecular weight is 287 g/mol. The molecule has 2 heterocycles. The molecule has 4 heteroatoms. The number of fused-ring (bicyclic) bond motifs is 1. The van der Waals surface area contributed by atoms with E-state index in [9.17, 15) is 4.79 Å². The van der Waals surface area contributed by atoms with Gasteiger partial charge in [0.1, 0.15) is 5.75 Å². The number of carbonyl (C=O) groups is 1. The van der Waals surface area contributed by atoms with E-state index in [0.717, 1.165) is 43.9 Å². The van der Waals surface area contributed by atoms with Crippen LogP contribution in [0.1, 0.15) is 12.0 Å². The lowest BCUT2D eigenvalue weighted by Gasteiger charge is -2.32. The number of para-hydroxylation sites is 1. The molecular formula is C17H21NO3. The molecule has 3 rings (SSSR count). The first-order valence-corrected chi connectivity index (χ1v) is 7.46. The molecule has 0 bridgehead atoms. The minimum atomic E-state index is -0.204. The standard InChI is InChI=1S/C17H21NO3/c1-20-17(19)15-6-4-8-18(11-15)10-13-9-14-5-2-3-7-16(14)21-12-13/h2-3,5-7,13H,4,8-12H2,1H3. The van der Waals surface area contributed by atoms with Crippen LogP contribution < -0.4 is 4.74 Å². The Balaban J connectivity index is 1.59. The van der Waals surface area contributed by atoms with Gasteiger partial charge in [0.05, 0.1) is 13.7 Å². The summed E-state index contributed by atoms with van der Waals surface area (Å²) in [6.45, 7) is 3.40. The molecule has 0 aromatic heterocycles. The third-order valence-electron chi connectivity index (χ3n) is 4.15. The van der Waals surface area contributed by atoms with Gasteiger partial charge >= 0.3 is 5.97 Å². The fourth-order valence-electron chi connectivity index (χ4n) is 3.11. The molecule has 1 aromatic carbocycles. The maximum absolute atomic E-state index is 11.6. The molecule has 1 atom stereocenters. The molecule has 0 radical (unpaired) electrons. The average Bonchev–Trinajstić information content (AvgIpc) is 2.54. The van der Waals surface area contributed by atoms with Crippen LogP contribution in [0.15, 0.2) is 35.9 Å². The fourth-order valence-corrected chi connectivity index (χ4v) is 3.11. The van der Waals surface area contributed by atoms with E-state index in [2.05, 4.69) is 17.0 Å². The van der Waals surface area contributed by atoms with Gasteiger partial charge in [-0.2, -0.15) is 0 Å². The summed E-state index contributed by atoms with van der Waals surface area (Å²) in [5.74, 6) is 1.30. The van der Waals surface area contributed by atoms with Crippen molar-refractivity contribution in [3.05, 3.63) is 41.5 Å². The Morgan fingerprint density at radius 3 is 3.14 bits per heavy atom. The fraction of sp³-hybridized carbons (Fsp3) is 0.471. The van der Waals surface area contributed by atoms with Crippen molar-refractivity contribution in [2.24, 2.45) is 5.92 Å². The van der Waals surface area contributed by atoms with Crippen LogP contribution in [0, 0.1) is 5.92 Å². The van der Waals surface area contributed by atoms with Crippen molar-refractivity contribution in [1.82, 2.24) is 4.90 Å². The van der Waals surface area contributed by atoms with Crippen LogP contribution in [0.4, 0.5) is 0 Å². The molecule has 0 saturated carbocycles. The first kappa shape index (κ1) is 14.1. The summed E-state index contributed by atoms with van der Waals surface area (Å²) in [6.07, 6.45) is 3.95. The van der Waals surface area contributed by atoms with E-state index in [4.69, 9.17) is 9.47 Å². The van der Waals surface area contributed by atoms with E-state index in [0.29, 0.717) is 12.5 Å². The van der Waals surface area contributed by atoms with Crippen molar-refractivity contribution in [3.63, 3.8) is 0 Å². The summed E-state index contributed by atoms with van der Waals surface area (Å²) in [4.78, 5) is 14.0. The third kappa shape index (κ3) is 3.27. The number of ether oxygens (including phenoxy) is 2. The van der Waals surface area contributed by atoms with Crippen molar-refractivity contribution >= 4 is 5.97 Å².